The maximum Gasteiger partial charge on any atom is 0.184 e. The zero-order chi connectivity index (χ0) is 5.70. The summed E-state index contributed by atoms with van der Waals surface area (Å²) in [6.45, 7) is 7.65. The van der Waals surface area contributed by atoms with E-state index in [1.54, 1.807) is 0 Å². The normalized spacial score (nSPS) is 11.3. The van der Waals surface area contributed by atoms with Crippen molar-refractivity contribution >= 4 is 9.76 Å². The van der Waals surface area contributed by atoms with E-state index in [9.17, 15) is 0 Å². The van der Waals surface area contributed by atoms with Gasteiger partial charge in [-0.25, -0.2) is 0 Å². The fourth-order valence-electron chi connectivity index (χ4n) is 0.260. The van der Waals surface area contributed by atoms with Crippen molar-refractivity contribution in [3.05, 3.63) is 12.3 Å². The van der Waals surface area contributed by atoms with Crippen LogP contribution in [0.5, 0.6) is 0 Å². The molecule has 0 aliphatic heterocycles. The Kier molecular flexibility index (Phi) is 4.04. The van der Waals surface area contributed by atoms with Gasteiger partial charge in [0.15, 0.2) is 9.76 Å². The van der Waals surface area contributed by atoms with Gasteiger partial charge in [-0.3, -0.25) is 0 Å². The molecule has 0 amide bonds. The number of hydrogen-bond acceptors (Lipinski definition) is 1. The highest BCUT2D eigenvalue weighted by molar-refractivity contribution is 6.34. The third kappa shape index (κ3) is 5.92. The summed E-state index contributed by atoms with van der Waals surface area (Å²) >= 11 is 0. The van der Waals surface area contributed by atoms with Gasteiger partial charge in [0.05, 0.1) is 0 Å². The minimum atomic E-state index is -0.362. The van der Waals surface area contributed by atoms with Crippen LogP contribution in [-0.4, -0.2) is 15.9 Å². The average molecular weight is 116 g/mol. The summed E-state index contributed by atoms with van der Waals surface area (Å²) in [5, 5.41) is 0. The van der Waals surface area contributed by atoms with Crippen molar-refractivity contribution in [3.8, 4) is 0 Å². The molecule has 0 spiro atoms. The minimum absolute atomic E-state index is 0.362. The fraction of sp³-hybridized carbons (Fsp3) is 0.600. The zero-order valence-corrected chi connectivity index (χ0v) is 6.39. The van der Waals surface area contributed by atoms with Gasteiger partial charge in [-0.2, -0.15) is 0 Å². The van der Waals surface area contributed by atoms with E-state index in [0.717, 1.165) is 0 Å². The summed E-state index contributed by atoms with van der Waals surface area (Å²) in [5.41, 5.74) is 1.89. The van der Waals surface area contributed by atoms with Crippen molar-refractivity contribution in [2.75, 3.05) is 0 Å². The molecule has 0 bridgehead atoms. The predicted molar refractivity (Wildman–Crippen MR) is 35.0 cm³/mol. The molecule has 0 unspecified atom stereocenters. The molecular formula is C5H12OSi. The summed E-state index contributed by atoms with van der Waals surface area (Å²) in [4.78, 5) is 0. The van der Waals surface area contributed by atoms with Crippen LogP contribution in [0.3, 0.4) is 0 Å². The third-order valence-corrected chi connectivity index (χ3v) is 1.64. The molecule has 0 fully saturated rings. The van der Waals surface area contributed by atoms with E-state index in [1.165, 1.54) is 0 Å². The first-order valence-electron chi connectivity index (χ1n) is 2.50. The van der Waals surface area contributed by atoms with Gasteiger partial charge in [0.1, 0.15) is 0 Å². The second-order valence-corrected chi connectivity index (χ2v) is 2.91. The quantitative estimate of drug-likeness (QED) is 0.492. The Labute approximate surface area is 47.3 Å². The van der Waals surface area contributed by atoms with Crippen LogP contribution in [0.1, 0.15) is 13.8 Å². The molecule has 0 atom stereocenters. The van der Waals surface area contributed by atoms with Gasteiger partial charge in [-0.05, 0) is 13.8 Å². The number of hydrogen-bond donors (Lipinski definition) is 0. The van der Waals surface area contributed by atoms with E-state index in [2.05, 4.69) is 6.58 Å². The van der Waals surface area contributed by atoms with Gasteiger partial charge in [0, 0.05) is 6.10 Å². The molecule has 0 rings (SSSR count). The van der Waals surface area contributed by atoms with E-state index in [1.807, 2.05) is 19.5 Å². The molecule has 42 valence electrons. The molecule has 0 saturated carbocycles. The third-order valence-electron chi connectivity index (χ3n) is 0.547. The lowest BCUT2D eigenvalue weighted by Crippen LogP contribution is -2.04. The van der Waals surface area contributed by atoms with Gasteiger partial charge < -0.3 is 4.43 Å². The first kappa shape index (κ1) is 6.92. The van der Waals surface area contributed by atoms with E-state index >= 15 is 0 Å². The molecule has 1 nitrogen and oxygen atoms in total. The Balaban J connectivity index is 2.81. The molecule has 0 aromatic heterocycles. The van der Waals surface area contributed by atoms with E-state index in [0.29, 0.717) is 6.10 Å². The lowest BCUT2D eigenvalue weighted by Gasteiger charge is -2.01. The van der Waals surface area contributed by atoms with Crippen LogP contribution in [0.2, 0.25) is 0 Å². The number of rotatable bonds is 3. The van der Waals surface area contributed by atoms with Crippen LogP contribution < -0.4 is 0 Å². The van der Waals surface area contributed by atoms with Crippen molar-refractivity contribution in [2.24, 2.45) is 0 Å². The first-order chi connectivity index (χ1) is 3.27. The Bertz CT molecular complexity index is 52.0. The van der Waals surface area contributed by atoms with Gasteiger partial charge in [-0.1, -0.05) is 5.70 Å². The van der Waals surface area contributed by atoms with Crippen molar-refractivity contribution < 1.29 is 4.43 Å². The van der Waals surface area contributed by atoms with Crippen LogP contribution in [0.4, 0.5) is 0 Å². The van der Waals surface area contributed by atoms with E-state index in [-0.39, 0.29) is 9.76 Å². The van der Waals surface area contributed by atoms with Crippen molar-refractivity contribution in [1.29, 1.82) is 0 Å². The first-order valence-corrected chi connectivity index (χ1v) is 3.89. The second-order valence-electron chi connectivity index (χ2n) is 1.67. The standard InChI is InChI=1S/C5H12OSi/c1-4-7-6-5(2)3/h4-5H,1,7H2,2-3H3. The summed E-state index contributed by atoms with van der Waals surface area (Å²) in [6.07, 6.45) is 0.393. The molecule has 0 aromatic carbocycles. The smallest absolute Gasteiger partial charge is 0.184 e. The molecule has 2 heteroatoms. The molecule has 0 radical (unpaired) electrons. The largest absolute Gasteiger partial charge is 0.417 e. The van der Waals surface area contributed by atoms with E-state index in [4.69, 9.17) is 4.43 Å². The fourth-order valence-corrected chi connectivity index (χ4v) is 0.781. The molecular weight excluding hydrogens is 104 g/mol. The average Bonchev–Trinajstić information content (AvgIpc) is 1.61. The summed E-state index contributed by atoms with van der Waals surface area (Å²) < 4.78 is 5.21. The highest BCUT2D eigenvalue weighted by atomic mass is 28.2. The van der Waals surface area contributed by atoms with Crippen molar-refractivity contribution in [1.82, 2.24) is 0 Å². The molecule has 0 aliphatic rings. The van der Waals surface area contributed by atoms with Crippen LogP contribution in [0.25, 0.3) is 0 Å². The Morgan fingerprint density at radius 3 is 2.43 bits per heavy atom. The molecule has 0 heterocycles. The molecule has 0 N–H and O–H groups in total. The Morgan fingerprint density at radius 2 is 2.29 bits per heavy atom. The summed E-state index contributed by atoms with van der Waals surface area (Å²) in [5.74, 6) is 0. The van der Waals surface area contributed by atoms with Crippen LogP contribution in [-0.2, 0) is 4.43 Å². The van der Waals surface area contributed by atoms with Gasteiger partial charge >= 0.3 is 0 Å². The highest BCUT2D eigenvalue weighted by Crippen LogP contribution is 1.82. The SMILES string of the molecule is C=C[SiH2]OC(C)C. The predicted octanol–water partition coefficient (Wildman–Crippen LogP) is 0.639. The molecule has 0 aliphatic carbocycles. The maximum absolute atomic E-state index is 5.21. The molecule has 0 saturated heterocycles. The monoisotopic (exact) mass is 116 g/mol. The lowest BCUT2D eigenvalue weighted by molar-refractivity contribution is 0.260. The van der Waals surface area contributed by atoms with Gasteiger partial charge in [-0.15, -0.1) is 6.58 Å². The van der Waals surface area contributed by atoms with Crippen LogP contribution in [0, 0.1) is 0 Å². The van der Waals surface area contributed by atoms with Crippen molar-refractivity contribution in [3.63, 3.8) is 0 Å². The van der Waals surface area contributed by atoms with E-state index < -0.39 is 0 Å². The summed E-state index contributed by atoms with van der Waals surface area (Å²) in [7, 11) is -0.362. The zero-order valence-electron chi connectivity index (χ0n) is 4.98. The highest BCUT2D eigenvalue weighted by Gasteiger charge is 1.85. The molecule has 7 heavy (non-hydrogen) atoms. The van der Waals surface area contributed by atoms with Crippen molar-refractivity contribution in [2.45, 2.75) is 20.0 Å². The second kappa shape index (κ2) is 4.09. The Hall–Kier alpha value is -0.0831. The molecule has 0 aromatic rings. The van der Waals surface area contributed by atoms with Crippen LogP contribution >= 0.6 is 0 Å². The topological polar surface area (TPSA) is 9.23 Å². The van der Waals surface area contributed by atoms with Crippen LogP contribution in [0.15, 0.2) is 12.3 Å². The Morgan fingerprint density at radius 1 is 1.71 bits per heavy atom. The minimum Gasteiger partial charge on any atom is -0.417 e. The van der Waals surface area contributed by atoms with Gasteiger partial charge in [0.25, 0.3) is 0 Å². The lowest BCUT2D eigenvalue weighted by atomic mass is 10.5. The maximum atomic E-state index is 5.21. The summed E-state index contributed by atoms with van der Waals surface area (Å²) in [6, 6.07) is 0. The van der Waals surface area contributed by atoms with Gasteiger partial charge in [0.2, 0.25) is 0 Å².